The Hall–Kier alpha value is -2.40. The molecule has 0 radical (unpaired) electrons. The van der Waals surface area contributed by atoms with Crippen molar-refractivity contribution in [3.63, 3.8) is 0 Å². The van der Waals surface area contributed by atoms with E-state index < -0.39 is 0 Å². The first-order valence-electron chi connectivity index (χ1n) is 6.13. The van der Waals surface area contributed by atoms with Gasteiger partial charge in [0.15, 0.2) is 5.11 Å². The first-order chi connectivity index (χ1) is 9.74. The van der Waals surface area contributed by atoms with Gasteiger partial charge < -0.3 is 10.5 Å². The minimum atomic E-state index is 0.160. The molecule has 20 heavy (non-hydrogen) atoms. The van der Waals surface area contributed by atoms with Gasteiger partial charge in [-0.05, 0) is 42.0 Å². The van der Waals surface area contributed by atoms with Crippen LogP contribution >= 0.6 is 12.2 Å². The molecule has 4 nitrogen and oxygen atoms in total. The van der Waals surface area contributed by atoms with Crippen molar-refractivity contribution in [3.05, 3.63) is 60.2 Å². The molecule has 0 spiro atoms. The van der Waals surface area contributed by atoms with E-state index in [1.165, 1.54) is 0 Å². The molecule has 102 valence electrons. The zero-order valence-corrected chi connectivity index (χ0v) is 11.6. The average Bonchev–Trinajstić information content (AvgIpc) is 2.46. The van der Waals surface area contributed by atoms with E-state index in [0.717, 1.165) is 17.1 Å². The fraction of sp³-hybridized carbons (Fsp3) is 0.0667. The summed E-state index contributed by atoms with van der Waals surface area (Å²) in [7, 11) is 0. The Morgan fingerprint density at radius 3 is 2.40 bits per heavy atom. The maximum Gasteiger partial charge on any atom is 0.184 e. The normalized spacial score (nSPS) is 10.4. The third kappa shape index (κ3) is 4.70. The minimum Gasteiger partial charge on any atom is -0.457 e. The van der Waals surface area contributed by atoms with E-state index in [-0.39, 0.29) is 5.11 Å². The van der Waals surface area contributed by atoms with Crippen molar-refractivity contribution < 1.29 is 4.74 Å². The summed E-state index contributed by atoms with van der Waals surface area (Å²) < 4.78 is 5.71. The monoisotopic (exact) mass is 285 g/mol. The Morgan fingerprint density at radius 2 is 1.75 bits per heavy atom. The topological polar surface area (TPSA) is 59.6 Å². The number of ether oxygens (including phenoxy) is 1. The summed E-state index contributed by atoms with van der Waals surface area (Å²) in [5.74, 6) is 1.63. The lowest BCUT2D eigenvalue weighted by atomic mass is 10.1. The van der Waals surface area contributed by atoms with Gasteiger partial charge in [0, 0.05) is 12.6 Å². The Labute approximate surface area is 123 Å². The van der Waals surface area contributed by atoms with Gasteiger partial charge in [0.2, 0.25) is 0 Å². The quantitative estimate of drug-likeness (QED) is 0.504. The number of hydrogen-bond donors (Lipinski definition) is 2. The van der Waals surface area contributed by atoms with Gasteiger partial charge in [-0.3, -0.25) is 5.43 Å². The molecular weight excluding hydrogens is 270 g/mol. The van der Waals surface area contributed by atoms with Crippen LogP contribution in [0.4, 0.5) is 0 Å². The lowest BCUT2D eigenvalue weighted by molar-refractivity contribution is 0.482. The maximum atomic E-state index is 5.71. The molecule has 0 saturated carbocycles. The zero-order valence-electron chi connectivity index (χ0n) is 10.8. The van der Waals surface area contributed by atoms with Gasteiger partial charge in [0.05, 0.1) is 0 Å². The molecule has 0 saturated heterocycles. The van der Waals surface area contributed by atoms with Crippen LogP contribution < -0.4 is 15.9 Å². The van der Waals surface area contributed by atoms with Gasteiger partial charge in [0.25, 0.3) is 0 Å². The van der Waals surface area contributed by atoms with Crippen LogP contribution in [0.25, 0.3) is 0 Å². The minimum absolute atomic E-state index is 0.160. The third-order valence-electron chi connectivity index (χ3n) is 2.50. The Kier molecular flexibility index (Phi) is 5.08. The molecule has 0 heterocycles. The number of hydrazone groups is 1. The molecule has 2 aromatic carbocycles. The van der Waals surface area contributed by atoms with Crippen LogP contribution in [0.5, 0.6) is 11.5 Å². The number of para-hydroxylation sites is 1. The highest BCUT2D eigenvalue weighted by Crippen LogP contribution is 2.20. The molecule has 2 aromatic rings. The second-order valence-corrected chi connectivity index (χ2v) is 4.49. The number of nitrogens with zero attached hydrogens (tertiary/aromatic N) is 1. The first kappa shape index (κ1) is 14.0. The smallest absolute Gasteiger partial charge is 0.184 e. The number of nitrogens with one attached hydrogen (secondary N) is 1. The number of benzene rings is 2. The summed E-state index contributed by atoms with van der Waals surface area (Å²) in [5.41, 5.74) is 8.89. The van der Waals surface area contributed by atoms with E-state index in [1.807, 2.05) is 54.6 Å². The molecule has 0 aliphatic carbocycles. The molecule has 0 aliphatic heterocycles. The van der Waals surface area contributed by atoms with Gasteiger partial charge in [-0.25, -0.2) is 0 Å². The SMILES string of the molecule is NC(=S)NN=CCc1ccc(Oc2ccccc2)cc1. The maximum absolute atomic E-state index is 5.71. The molecular formula is C15H15N3OS. The highest BCUT2D eigenvalue weighted by Gasteiger charge is 1.96. The number of nitrogens with two attached hydrogens (primary N) is 1. The molecule has 0 aromatic heterocycles. The van der Waals surface area contributed by atoms with Crippen molar-refractivity contribution in [3.8, 4) is 11.5 Å². The Morgan fingerprint density at radius 1 is 1.10 bits per heavy atom. The van der Waals surface area contributed by atoms with Crippen molar-refractivity contribution in [2.75, 3.05) is 0 Å². The van der Waals surface area contributed by atoms with E-state index in [0.29, 0.717) is 6.42 Å². The van der Waals surface area contributed by atoms with E-state index in [1.54, 1.807) is 6.21 Å². The second kappa shape index (κ2) is 7.25. The fourth-order valence-corrected chi connectivity index (χ4v) is 1.63. The summed E-state index contributed by atoms with van der Waals surface area (Å²) in [4.78, 5) is 0. The molecule has 0 aliphatic rings. The van der Waals surface area contributed by atoms with Crippen LogP contribution in [-0.4, -0.2) is 11.3 Å². The Balaban J connectivity index is 1.90. The molecule has 0 amide bonds. The summed E-state index contributed by atoms with van der Waals surface area (Å²) in [6, 6.07) is 17.5. The van der Waals surface area contributed by atoms with Crippen LogP contribution in [0.1, 0.15) is 5.56 Å². The standard InChI is InChI=1S/C15H15N3OS/c16-15(20)18-17-11-10-12-6-8-14(9-7-12)19-13-4-2-1-3-5-13/h1-9,11H,10H2,(H3,16,18,20). The Bertz CT molecular complexity index is 582. The predicted molar refractivity (Wildman–Crippen MR) is 85.1 cm³/mol. The average molecular weight is 285 g/mol. The predicted octanol–water partition coefficient (Wildman–Crippen LogP) is 2.84. The van der Waals surface area contributed by atoms with Crippen molar-refractivity contribution in [2.45, 2.75) is 6.42 Å². The van der Waals surface area contributed by atoms with E-state index in [2.05, 4.69) is 22.7 Å². The number of thiocarbonyl (C=S) groups is 1. The molecule has 0 atom stereocenters. The first-order valence-corrected chi connectivity index (χ1v) is 6.53. The van der Waals surface area contributed by atoms with Gasteiger partial charge in [-0.1, -0.05) is 30.3 Å². The van der Waals surface area contributed by atoms with Crippen LogP contribution in [0, 0.1) is 0 Å². The molecule has 3 N–H and O–H groups in total. The number of hydrogen-bond acceptors (Lipinski definition) is 3. The van der Waals surface area contributed by atoms with Crippen molar-refractivity contribution >= 4 is 23.5 Å². The van der Waals surface area contributed by atoms with Gasteiger partial charge in [-0.15, -0.1) is 0 Å². The molecule has 0 bridgehead atoms. The molecule has 0 fully saturated rings. The highest BCUT2D eigenvalue weighted by molar-refractivity contribution is 7.80. The second-order valence-electron chi connectivity index (χ2n) is 4.05. The van der Waals surface area contributed by atoms with Crippen molar-refractivity contribution in [1.29, 1.82) is 0 Å². The van der Waals surface area contributed by atoms with Crippen LogP contribution in [0.3, 0.4) is 0 Å². The lowest BCUT2D eigenvalue weighted by Gasteiger charge is -2.05. The van der Waals surface area contributed by atoms with Crippen LogP contribution in [0.15, 0.2) is 59.7 Å². The van der Waals surface area contributed by atoms with Crippen LogP contribution in [-0.2, 0) is 6.42 Å². The fourth-order valence-electron chi connectivity index (χ4n) is 1.58. The van der Waals surface area contributed by atoms with Gasteiger partial charge in [0.1, 0.15) is 11.5 Å². The van der Waals surface area contributed by atoms with Gasteiger partial charge >= 0.3 is 0 Å². The molecule has 2 rings (SSSR count). The van der Waals surface area contributed by atoms with Crippen molar-refractivity contribution in [1.82, 2.24) is 5.43 Å². The summed E-state index contributed by atoms with van der Waals surface area (Å²) in [5, 5.41) is 4.04. The number of rotatable bonds is 5. The largest absolute Gasteiger partial charge is 0.457 e. The van der Waals surface area contributed by atoms with Crippen molar-refractivity contribution in [2.24, 2.45) is 10.8 Å². The highest BCUT2D eigenvalue weighted by atomic mass is 32.1. The lowest BCUT2D eigenvalue weighted by Crippen LogP contribution is -2.24. The van der Waals surface area contributed by atoms with Gasteiger partial charge in [-0.2, -0.15) is 5.10 Å². The van der Waals surface area contributed by atoms with Crippen LogP contribution in [0.2, 0.25) is 0 Å². The summed E-state index contributed by atoms with van der Waals surface area (Å²) >= 11 is 4.64. The molecule has 0 unspecified atom stereocenters. The zero-order chi connectivity index (χ0) is 14.2. The van der Waals surface area contributed by atoms with E-state index in [4.69, 9.17) is 10.5 Å². The summed E-state index contributed by atoms with van der Waals surface area (Å²) in [6.45, 7) is 0. The molecule has 5 heteroatoms. The summed E-state index contributed by atoms with van der Waals surface area (Å²) in [6.07, 6.45) is 2.41. The van der Waals surface area contributed by atoms with E-state index in [9.17, 15) is 0 Å². The third-order valence-corrected chi connectivity index (χ3v) is 2.59. The van der Waals surface area contributed by atoms with E-state index >= 15 is 0 Å².